The van der Waals surface area contributed by atoms with Gasteiger partial charge in [0.1, 0.15) is 24.1 Å². The molecular formula is C17H18ClNO3. The average molecular weight is 320 g/mol. The summed E-state index contributed by atoms with van der Waals surface area (Å²) in [4.78, 5) is 2.45. The van der Waals surface area contributed by atoms with E-state index in [-0.39, 0.29) is 11.5 Å². The van der Waals surface area contributed by atoms with Gasteiger partial charge in [-0.25, -0.2) is 0 Å². The summed E-state index contributed by atoms with van der Waals surface area (Å²) >= 11 is 5.64. The molecular weight excluding hydrogens is 302 g/mol. The zero-order valence-electron chi connectivity index (χ0n) is 12.3. The van der Waals surface area contributed by atoms with Crippen molar-refractivity contribution >= 4 is 11.9 Å². The first-order valence-corrected chi connectivity index (χ1v) is 8.16. The van der Waals surface area contributed by atoms with Crippen LogP contribution in [0.15, 0.2) is 24.3 Å². The van der Waals surface area contributed by atoms with E-state index in [1.807, 2.05) is 12.1 Å². The topological polar surface area (TPSA) is 41.9 Å². The lowest BCUT2D eigenvalue weighted by Crippen LogP contribution is -2.64. The Balaban J connectivity index is 1.82. The first-order chi connectivity index (χ1) is 10.7. The van der Waals surface area contributed by atoms with Crippen LogP contribution in [-0.2, 0) is 11.8 Å². The molecule has 5 rings (SSSR count). The average Bonchev–Trinajstić information content (AvgIpc) is 2.88. The molecule has 1 N–H and O–H groups in total. The van der Waals surface area contributed by atoms with Gasteiger partial charge in [0.15, 0.2) is 11.5 Å². The lowest BCUT2D eigenvalue weighted by Gasteiger charge is -2.56. The largest absolute Gasteiger partial charge is 0.482 e. The first kappa shape index (κ1) is 13.2. The number of likely N-dealkylation sites (N-methyl/N-ethyl adjacent to an activating group) is 1. The second-order valence-electron chi connectivity index (χ2n) is 6.99. The van der Waals surface area contributed by atoms with E-state index in [9.17, 15) is 5.11 Å². The molecule has 0 unspecified atom stereocenters. The highest BCUT2D eigenvalue weighted by atomic mass is 35.5. The Labute approximate surface area is 134 Å². The molecule has 1 saturated heterocycles. The number of halogens is 1. The minimum absolute atomic E-state index is 0.139. The molecule has 5 atom stereocenters. The highest BCUT2D eigenvalue weighted by Crippen LogP contribution is 2.62. The minimum atomic E-state index is -0.582. The molecule has 0 radical (unpaired) electrons. The Kier molecular flexibility index (Phi) is 2.52. The molecule has 0 aromatic heterocycles. The van der Waals surface area contributed by atoms with Crippen LogP contribution in [0.2, 0.25) is 0 Å². The Hall–Kier alpha value is -1.23. The maximum Gasteiger partial charge on any atom is 0.188 e. The van der Waals surface area contributed by atoms with Crippen molar-refractivity contribution < 1.29 is 14.1 Å². The van der Waals surface area contributed by atoms with Gasteiger partial charge in [0.25, 0.3) is 0 Å². The van der Waals surface area contributed by atoms with Crippen LogP contribution in [-0.4, -0.2) is 41.8 Å². The van der Waals surface area contributed by atoms with Crippen molar-refractivity contribution in [1.82, 2.24) is 4.90 Å². The van der Waals surface area contributed by atoms with Gasteiger partial charge in [-0.3, -0.25) is 0 Å². The van der Waals surface area contributed by atoms with Crippen molar-refractivity contribution in [3.8, 4) is 11.5 Å². The maximum atomic E-state index is 10.5. The van der Waals surface area contributed by atoms with Crippen molar-refractivity contribution in [2.75, 3.05) is 13.6 Å². The van der Waals surface area contributed by atoms with Crippen LogP contribution in [0, 0.1) is 5.92 Å². The number of piperidine rings is 1. The fraction of sp³-hybridized carbons (Fsp3) is 0.529. The molecule has 5 heteroatoms. The van der Waals surface area contributed by atoms with Crippen molar-refractivity contribution in [2.45, 2.75) is 36.5 Å². The standard InChI is InChI=1S/C17H18ClNO3/c1-19-7-6-17-10-3-4-12(20)16(17)21-15-13(22-18)5-2-9(14(15)17)8-11(10)19/h2-5,10-12,16,20H,6-8H2,1H3/t10-,11+,12-,16-,17-/m0/s1. The molecule has 0 saturated carbocycles. The van der Waals surface area contributed by atoms with Crippen LogP contribution in [0.25, 0.3) is 0 Å². The number of aliphatic hydroxyl groups excluding tert-OH is 1. The van der Waals surface area contributed by atoms with Crippen LogP contribution < -0.4 is 9.03 Å². The second kappa shape index (κ2) is 4.19. The molecule has 1 spiro atoms. The summed E-state index contributed by atoms with van der Waals surface area (Å²) in [7, 11) is 2.20. The summed E-state index contributed by atoms with van der Waals surface area (Å²) < 4.78 is 11.2. The number of aliphatic hydroxyl groups is 1. The zero-order chi connectivity index (χ0) is 15.1. The molecule has 2 aliphatic heterocycles. The molecule has 2 heterocycles. The van der Waals surface area contributed by atoms with Crippen molar-refractivity contribution in [1.29, 1.82) is 0 Å². The van der Waals surface area contributed by atoms with E-state index in [0.717, 1.165) is 25.1 Å². The number of rotatable bonds is 1. The van der Waals surface area contributed by atoms with E-state index in [4.69, 9.17) is 20.9 Å². The SMILES string of the molecule is CN1CC[C@]23c4c5ccc(OCl)c4O[C@H]2[C@@H](O)C=C[C@H]3[C@H]1C5. The summed E-state index contributed by atoms with van der Waals surface area (Å²) in [5, 5.41) is 10.5. The minimum Gasteiger partial charge on any atom is -0.482 e. The molecule has 4 aliphatic rings. The van der Waals surface area contributed by atoms with Gasteiger partial charge in [0.05, 0.1) is 0 Å². The van der Waals surface area contributed by atoms with Crippen LogP contribution in [0.3, 0.4) is 0 Å². The molecule has 116 valence electrons. The Morgan fingerprint density at radius 2 is 2.27 bits per heavy atom. The molecule has 22 heavy (non-hydrogen) atoms. The van der Waals surface area contributed by atoms with E-state index < -0.39 is 6.10 Å². The van der Waals surface area contributed by atoms with Crippen LogP contribution in [0.1, 0.15) is 17.5 Å². The highest BCUT2D eigenvalue weighted by Gasteiger charge is 2.64. The molecule has 2 bridgehead atoms. The summed E-state index contributed by atoms with van der Waals surface area (Å²) in [5.41, 5.74) is 2.40. The summed E-state index contributed by atoms with van der Waals surface area (Å²) in [6.07, 6.45) is 5.28. The Morgan fingerprint density at radius 3 is 3.09 bits per heavy atom. The predicted molar refractivity (Wildman–Crippen MR) is 82.4 cm³/mol. The molecule has 1 aromatic carbocycles. The van der Waals surface area contributed by atoms with Gasteiger partial charge in [-0.15, -0.1) is 0 Å². The van der Waals surface area contributed by atoms with Crippen molar-refractivity contribution in [3.05, 3.63) is 35.4 Å². The van der Waals surface area contributed by atoms with Gasteiger partial charge >= 0.3 is 0 Å². The van der Waals surface area contributed by atoms with Crippen LogP contribution >= 0.6 is 11.9 Å². The third kappa shape index (κ3) is 1.33. The summed E-state index contributed by atoms with van der Waals surface area (Å²) in [5.74, 6) is 1.68. The van der Waals surface area contributed by atoms with Crippen molar-refractivity contribution in [2.24, 2.45) is 5.92 Å². The highest BCUT2D eigenvalue weighted by molar-refractivity contribution is 6.09. The van der Waals surface area contributed by atoms with Crippen LogP contribution in [0.4, 0.5) is 0 Å². The lowest BCUT2D eigenvalue weighted by molar-refractivity contribution is -0.0452. The number of likely N-dealkylation sites (tertiary alicyclic amines) is 1. The fourth-order valence-electron chi connectivity index (χ4n) is 5.29. The quantitative estimate of drug-likeness (QED) is 0.804. The summed E-state index contributed by atoms with van der Waals surface area (Å²) in [6.45, 7) is 1.02. The number of hydrogen-bond acceptors (Lipinski definition) is 4. The third-order valence-corrected chi connectivity index (χ3v) is 6.38. The molecule has 1 fully saturated rings. The smallest absolute Gasteiger partial charge is 0.188 e. The van der Waals surface area contributed by atoms with Gasteiger partial charge in [0.2, 0.25) is 0 Å². The molecule has 0 amide bonds. The van der Waals surface area contributed by atoms with E-state index >= 15 is 0 Å². The Morgan fingerprint density at radius 1 is 1.41 bits per heavy atom. The summed E-state index contributed by atoms with van der Waals surface area (Å²) in [6, 6.07) is 4.45. The fourth-order valence-corrected chi connectivity index (χ4v) is 5.41. The number of benzene rings is 1. The predicted octanol–water partition coefficient (Wildman–Crippen LogP) is 2.03. The first-order valence-electron chi connectivity index (χ1n) is 7.85. The monoisotopic (exact) mass is 319 g/mol. The maximum absolute atomic E-state index is 10.5. The van der Waals surface area contributed by atoms with Gasteiger partial charge in [-0.2, -0.15) is 0 Å². The van der Waals surface area contributed by atoms with Gasteiger partial charge in [0, 0.05) is 22.9 Å². The van der Waals surface area contributed by atoms with Gasteiger partial charge in [-0.05, 0) is 38.1 Å². The number of hydrogen-bond donors (Lipinski definition) is 1. The third-order valence-electron chi connectivity index (χ3n) is 6.22. The van der Waals surface area contributed by atoms with Crippen molar-refractivity contribution in [3.63, 3.8) is 0 Å². The Bertz CT molecular complexity index is 691. The number of ether oxygens (including phenoxy) is 1. The zero-order valence-corrected chi connectivity index (χ0v) is 13.1. The van der Waals surface area contributed by atoms with E-state index in [1.54, 1.807) is 0 Å². The van der Waals surface area contributed by atoms with Gasteiger partial charge < -0.3 is 19.0 Å². The normalized spacial score (nSPS) is 41.0. The number of nitrogens with zero attached hydrogens (tertiary/aromatic N) is 1. The van der Waals surface area contributed by atoms with Gasteiger partial charge in [-0.1, -0.05) is 18.2 Å². The van der Waals surface area contributed by atoms with E-state index in [1.165, 1.54) is 11.1 Å². The molecule has 2 aliphatic carbocycles. The van der Waals surface area contributed by atoms with E-state index in [0.29, 0.717) is 17.7 Å². The lowest BCUT2D eigenvalue weighted by atomic mass is 9.53. The molecule has 1 aromatic rings. The second-order valence-corrected chi connectivity index (χ2v) is 7.14. The van der Waals surface area contributed by atoms with E-state index in [2.05, 4.69) is 24.1 Å². The van der Waals surface area contributed by atoms with Crippen LogP contribution in [0.5, 0.6) is 11.5 Å². The molecule has 4 nitrogen and oxygen atoms in total.